The summed E-state index contributed by atoms with van der Waals surface area (Å²) in [7, 11) is 3.30. The predicted octanol–water partition coefficient (Wildman–Crippen LogP) is 2.95. The van der Waals surface area contributed by atoms with Gasteiger partial charge in [-0.05, 0) is 36.9 Å². The zero-order chi connectivity index (χ0) is 14.8. The van der Waals surface area contributed by atoms with Crippen LogP contribution in [-0.2, 0) is 6.54 Å². The minimum absolute atomic E-state index is 0.640. The van der Waals surface area contributed by atoms with Crippen LogP contribution in [0.25, 0.3) is 0 Å². The van der Waals surface area contributed by atoms with Gasteiger partial charge in [0.15, 0.2) is 11.5 Å². The molecule has 0 bridgehead atoms. The van der Waals surface area contributed by atoms with Crippen molar-refractivity contribution in [3.05, 3.63) is 17.7 Å². The molecule has 0 radical (unpaired) electrons. The van der Waals surface area contributed by atoms with Crippen molar-refractivity contribution in [1.29, 1.82) is 0 Å². The summed E-state index contributed by atoms with van der Waals surface area (Å²) < 4.78 is 16.6. The number of hydrogen-bond donors (Lipinski definition) is 1. The number of ether oxygens (including phenoxy) is 3. The van der Waals surface area contributed by atoms with Crippen LogP contribution in [-0.4, -0.2) is 39.4 Å². The molecule has 1 aromatic rings. The van der Waals surface area contributed by atoms with E-state index in [0.29, 0.717) is 12.4 Å². The van der Waals surface area contributed by atoms with E-state index < -0.39 is 0 Å². The summed E-state index contributed by atoms with van der Waals surface area (Å²) in [4.78, 5) is 0. The monoisotopic (exact) mass is 299 g/mol. The molecule has 0 saturated heterocycles. The van der Waals surface area contributed by atoms with Crippen LogP contribution in [0, 0.1) is 0 Å². The van der Waals surface area contributed by atoms with Crippen molar-refractivity contribution in [2.75, 3.05) is 39.4 Å². The molecular weight excluding hydrogens is 274 g/mol. The van der Waals surface area contributed by atoms with Gasteiger partial charge in [0, 0.05) is 12.3 Å². The fourth-order valence-corrected chi connectivity index (χ4v) is 2.07. The van der Waals surface area contributed by atoms with Gasteiger partial charge in [-0.1, -0.05) is 6.92 Å². The lowest BCUT2D eigenvalue weighted by atomic mass is 10.1. The van der Waals surface area contributed by atoms with Gasteiger partial charge in [-0.2, -0.15) is 11.8 Å². The molecular formula is C15H25NO3S. The second kappa shape index (κ2) is 9.77. The number of thioether (sulfide) groups is 1. The van der Waals surface area contributed by atoms with Gasteiger partial charge in [-0.25, -0.2) is 0 Å². The zero-order valence-electron chi connectivity index (χ0n) is 12.8. The fraction of sp³-hybridized carbons (Fsp3) is 0.600. The molecule has 5 heteroatoms. The highest BCUT2D eigenvalue weighted by atomic mass is 32.2. The highest BCUT2D eigenvalue weighted by Gasteiger charge is 2.14. The Morgan fingerprint density at radius 2 is 1.80 bits per heavy atom. The Kier molecular flexibility index (Phi) is 8.30. The summed E-state index contributed by atoms with van der Waals surface area (Å²) in [6, 6.07) is 4.00. The summed E-state index contributed by atoms with van der Waals surface area (Å²) in [6.45, 7) is 4.58. The van der Waals surface area contributed by atoms with Crippen LogP contribution in [0.1, 0.15) is 18.9 Å². The molecule has 0 spiro atoms. The first-order valence-electron chi connectivity index (χ1n) is 6.84. The molecule has 0 saturated carbocycles. The molecule has 0 aromatic heterocycles. The average Bonchev–Trinajstić information content (AvgIpc) is 2.48. The number of benzene rings is 1. The first-order chi connectivity index (χ1) is 9.76. The van der Waals surface area contributed by atoms with Crippen molar-refractivity contribution in [2.45, 2.75) is 19.9 Å². The van der Waals surface area contributed by atoms with Crippen LogP contribution in [0.3, 0.4) is 0 Å². The highest BCUT2D eigenvalue weighted by molar-refractivity contribution is 7.98. The molecule has 4 nitrogen and oxygen atoms in total. The number of nitrogens with one attached hydrogen (secondary N) is 1. The zero-order valence-corrected chi connectivity index (χ0v) is 13.6. The Balaban J connectivity index is 2.86. The quantitative estimate of drug-likeness (QED) is 0.673. The molecule has 0 fully saturated rings. The minimum atomic E-state index is 0.640. The van der Waals surface area contributed by atoms with E-state index in [4.69, 9.17) is 14.2 Å². The van der Waals surface area contributed by atoms with Gasteiger partial charge in [0.1, 0.15) is 0 Å². The summed E-state index contributed by atoms with van der Waals surface area (Å²) in [5.41, 5.74) is 1.13. The summed E-state index contributed by atoms with van der Waals surface area (Å²) in [5, 5.41) is 3.37. The maximum absolute atomic E-state index is 5.78. The van der Waals surface area contributed by atoms with Gasteiger partial charge < -0.3 is 19.5 Å². The Morgan fingerprint density at radius 1 is 1.15 bits per heavy atom. The smallest absolute Gasteiger partial charge is 0.203 e. The molecule has 0 aliphatic rings. The molecule has 0 unspecified atom stereocenters. The third-order valence-electron chi connectivity index (χ3n) is 2.81. The van der Waals surface area contributed by atoms with E-state index >= 15 is 0 Å². The van der Waals surface area contributed by atoms with E-state index in [1.54, 1.807) is 26.0 Å². The standard InChI is InChI=1S/C15H25NO3S/c1-5-6-16-11-12-9-13(17-2)15(14(10-12)18-3)19-7-8-20-4/h9-10,16H,5-8,11H2,1-4H3. The average molecular weight is 299 g/mol. The van der Waals surface area contributed by atoms with Gasteiger partial charge >= 0.3 is 0 Å². The van der Waals surface area contributed by atoms with E-state index in [9.17, 15) is 0 Å². The lowest BCUT2D eigenvalue weighted by molar-refractivity contribution is 0.290. The van der Waals surface area contributed by atoms with E-state index in [0.717, 1.165) is 42.3 Å². The van der Waals surface area contributed by atoms with Crippen molar-refractivity contribution in [1.82, 2.24) is 5.32 Å². The molecule has 1 rings (SSSR count). The Hall–Kier alpha value is -1.07. The van der Waals surface area contributed by atoms with E-state index in [-0.39, 0.29) is 0 Å². The summed E-state index contributed by atoms with van der Waals surface area (Å²) >= 11 is 1.75. The summed E-state index contributed by atoms with van der Waals surface area (Å²) in [6.07, 6.45) is 3.17. The van der Waals surface area contributed by atoms with Gasteiger partial charge in [-0.3, -0.25) is 0 Å². The molecule has 1 N–H and O–H groups in total. The van der Waals surface area contributed by atoms with Gasteiger partial charge in [0.25, 0.3) is 0 Å². The molecule has 0 atom stereocenters. The lowest BCUT2D eigenvalue weighted by Crippen LogP contribution is -2.14. The SMILES string of the molecule is CCCNCc1cc(OC)c(OCCSC)c(OC)c1. The minimum Gasteiger partial charge on any atom is -0.493 e. The number of rotatable bonds is 10. The Morgan fingerprint density at radius 3 is 2.30 bits per heavy atom. The van der Waals surface area contributed by atoms with E-state index in [1.165, 1.54) is 0 Å². The summed E-state index contributed by atoms with van der Waals surface area (Å²) in [5.74, 6) is 3.06. The molecule has 0 amide bonds. The molecule has 0 aliphatic heterocycles. The molecule has 0 aliphatic carbocycles. The van der Waals surface area contributed by atoms with Crippen molar-refractivity contribution in [3.63, 3.8) is 0 Å². The first kappa shape index (κ1) is 17.0. The maximum atomic E-state index is 5.78. The molecule has 114 valence electrons. The Labute approximate surface area is 126 Å². The van der Waals surface area contributed by atoms with E-state index in [2.05, 4.69) is 18.5 Å². The normalized spacial score (nSPS) is 10.4. The van der Waals surface area contributed by atoms with Crippen LogP contribution in [0.15, 0.2) is 12.1 Å². The topological polar surface area (TPSA) is 39.7 Å². The van der Waals surface area contributed by atoms with Gasteiger partial charge in [-0.15, -0.1) is 0 Å². The van der Waals surface area contributed by atoms with Crippen molar-refractivity contribution in [2.24, 2.45) is 0 Å². The van der Waals surface area contributed by atoms with Crippen LogP contribution in [0.5, 0.6) is 17.2 Å². The predicted molar refractivity (Wildman–Crippen MR) is 85.4 cm³/mol. The molecule has 20 heavy (non-hydrogen) atoms. The second-order valence-electron chi connectivity index (χ2n) is 4.35. The largest absolute Gasteiger partial charge is 0.493 e. The third-order valence-corrected chi connectivity index (χ3v) is 3.39. The van der Waals surface area contributed by atoms with Crippen LogP contribution in [0.4, 0.5) is 0 Å². The third kappa shape index (κ3) is 5.13. The van der Waals surface area contributed by atoms with Gasteiger partial charge in [0.2, 0.25) is 5.75 Å². The highest BCUT2D eigenvalue weighted by Crippen LogP contribution is 2.38. The van der Waals surface area contributed by atoms with Gasteiger partial charge in [0.05, 0.1) is 20.8 Å². The Bertz CT molecular complexity index is 374. The first-order valence-corrected chi connectivity index (χ1v) is 8.23. The molecule has 0 heterocycles. The number of methoxy groups -OCH3 is 2. The maximum Gasteiger partial charge on any atom is 0.203 e. The van der Waals surface area contributed by atoms with Crippen LogP contribution >= 0.6 is 11.8 Å². The van der Waals surface area contributed by atoms with E-state index in [1.807, 2.05) is 12.1 Å². The van der Waals surface area contributed by atoms with Crippen molar-refractivity contribution in [3.8, 4) is 17.2 Å². The van der Waals surface area contributed by atoms with Crippen molar-refractivity contribution >= 4 is 11.8 Å². The van der Waals surface area contributed by atoms with Crippen molar-refractivity contribution < 1.29 is 14.2 Å². The lowest BCUT2D eigenvalue weighted by Gasteiger charge is -2.16. The van der Waals surface area contributed by atoms with Crippen LogP contribution in [0.2, 0.25) is 0 Å². The molecule has 1 aromatic carbocycles. The fourth-order valence-electron chi connectivity index (χ4n) is 1.82. The second-order valence-corrected chi connectivity index (χ2v) is 5.33. The van der Waals surface area contributed by atoms with Crippen LogP contribution < -0.4 is 19.5 Å². The number of hydrogen-bond acceptors (Lipinski definition) is 5.